The Bertz CT molecular complexity index is 378. The van der Waals surface area contributed by atoms with Crippen LogP contribution in [0.3, 0.4) is 0 Å². The SMILES string of the molecule is Cc1cc(NCC(C)(O)CC(C)C)ncc1Br. The van der Waals surface area contributed by atoms with Gasteiger partial charge < -0.3 is 10.4 Å². The van der Waals surface area contributed by atoms with Crippen molar-refractivity contribution in [2.75, 3.05) is 11.9 Å². The zero-order chi connectivity index (χ0) is 13.1. The second-order valence-corrected chi connectivity index (χ2v) is 6.12. The van der Waals surface area contributed by atoms with Gasteiger partial charge in [-0.25, -0.2) is 4.98 Å². The number of nitrogens with zero attached hydrogens (tertiary/aromatic N) is 1. The maximum absolute atomic E-state index is 10.2. The van der Waals surface area contributed by atoms with E-state index in [1.807, 2.05) is 19.9 Å². The molecular weight excluding hydrogens is 280 g/mol. The molecule has 0 aliphatic heterocycles. The summed E-state index contributed by atoms with van der Waals surface area (Å²) in [5, 5.41) is 13.3. The van der Waals surface area contributed by atoms with E-state index in [2.05, 4.69) is 40.1 Å². The highest BCUT2D eigenvalue weighted by molar-refractivity contribution is 9.10. The van der Waals surface area contributed by atoms with Gasteiger partial charge in [-0.2, -0.15) is 0 Å². The summed E-state index contributed by atoms with van der Waals surface area (Å²) < 4.78 is 0.997. The van der Waals surface area contributed by atoms with Gasteiger partial charge in [-0.15, -0.1) is 0 Å². The Balaban J connectivity index is 2.58. The van der Waals surface area contributed by atoms with Gasteiger partial charge in [-0.05, 0) is 53.7 Å². The van der Waals surface area contributed by atoms with Crippen molar-refractivity contribution in [3.8, 4) is 0 Å². The lowest BCUT2D eigenvalue weighted by Crippen LogP contribution is -2.35. The molecule has 4 heteroatoms. The van der Waals surface area contributed by atoms with E-state index >= 15 is 0 Å². The molecule has 0 spiro atoms. The standard InChI is InChI=1S/C13H21BrN2O/c1-9(2)6-13(4,17)8-16-12-5-10(3)11(14)7-15-12/h5,7,9,17H,6,8H2,1-4H3,(H,15,16). The first-order chi connectivity index (χ1) is 7.80. The van der Waals surface area contributed by atoms with Crippen LogP contribution in [0.25, 0.3) is 0 Å². The van der Waals surface area contributed by atoms with E-state index in [1.165, 1.54) is 0 Å². The minimum atomic E-state index is -0.698. The number of hydrogen-bond acceptors (Lipinski definition) is 3. The second kappa shape index (κ2) is 5.83. The average molecular weight is 301 g/mol. The van der Waals surface area contributed by atoms with Gasteiger partial charge in [0.1, 0.15) is 5.82 Å². The van der Waals surface area contributed by atoms with Crippen molar-refractivity contribution in [2.24, 2.45) is 5.92 Å². The van der Waals surface area contributed by atoms with Crippen molar-refractivity contribution in [1.29, 1.82) is 0 Å². The van der Waals surface area contributed by atoms with Crippen LogP contribution in [0.1, 0.15) is 32.8 Å². The van der Waals surface area contributed by atoms with Gasteiger partial charge in [-0.3, -0.25) is 0 Å². The predicted octanol–water partition coefficient (Wildman–Crippen LogP) is 3.36. The Morgan fingerprint density at radius 3 is 2.71 bits per heavy atom. The fourth-order valence-electron chi connectivity index (χ4n) is 1.87. The van der Waals surface area contributed by atoms with Crippen LogP contribution in [0.4, 0.5) is 5.82 Å². The Kier molecular flexibility index (Phi) is 4.95. The lowest BCUT2D eigenvalue weighted by molar-refractivity contribution is 0.0515. The third-order valence-corrected chi connectivity index (χ3v) is 3.38. The number of nitrogens with one attached hydrogen (secondary N) is 1. The van der Waals surface area contributed by atoms with E-state index in [9.17, 15) is 5.11 Å². The lowest BCUT2D eigenvalue weighted by atomic mass is 9.94. The van der Waals surface area contributed by atoms with Crippen LogP contribution in [0.5, 0.6) is 0 Å². The molecule has 1 atom stereocenters. The van der Waals surface area contributed by atoms with Crippen molar-refractivity contribution in [2.45, 2.75) is 39.7 Å². The van der Waals surface area contributed by atoms with Crippen molar-refractivity contribution in [1.82, 2.24) is 4.98 Å². The molecule has 96 valence electrons. The Morgan fingerprint density at radius 1 is 1.53 bits per heavy atom. The first-order valence-corrected chi connectivity index (χ1v) is 6.68. The largest absolute Gasteiger partial charge is 0.388 e. The van der Waals surface area contributed by atoms with Gasteiger partial charge in [0.2, 0.25) is 0 Å². The molecule has 1 aromatic rings. The van der Waals surface area contributed by atoms with Gasteiger partial charge in [0.25, 0.3) is 0 Å². The maximum Gasteiger partial charge on any atom is 0.126 e. The number of aryl methyl sites for hydroxylation is 1. The number of aromatic nitrogens is 1. The first kappa shape index (κ1) is 14.5. The van der Waals surface area contributed by atoms with Gasteiger partial charge in [0, 0.05) is 17.2 Å². The molecule has 2 N–H and O–H groups in total. The molecule has 0 aliphatic rings. The summed E-state index contributed by atoms with van der Waals surface area (Å²) in [6, 6.07) is 1.97. The minimum Gasteiger partial charge on any atom is -0.388 e. The summed E-state index contributed by atoms with van der Waals surface area (Å²) in [5.41, 5.74) is 0.433. The first-order valence-electron chi connectivity index (χ1n) is 5.88. The maximum atomic E-state index is 10.2. The van der Waals surface area contributed by atoms with E-state index in [0.29, 0.717) is 12.5 Å². The fourth-order valence-corrected chi connectivity index (χ4v) is 2.09. The highest BCUT2D eigenvalue weighted by atomic mass is 79.9. The summed E-state index contributed by atoms with van der Waals surface area (Å²) in [6.45, 7) is 8.60. The molecule has 0 aliphatic carbocycles. The Labute approximate surface area is 112 Å². The molecule has 1 heterocycles. The minimum absolute atomic E-state index is 0.478. The van der Waals surface area contributed by atoms with E-state index in [1.54, 1.807) is 6.20 Å². The molecule has 0 bridgehead atoms. The molecule has 0 aromatic carbocycles. The molecule has 1 rings (SSSR count). The molecule has 1 aromatic heterocycles. The number of halogens is 1. The molecule has 0 fully saturated rings. The summed E-state index contributed by atoms with van der Waals surface area (Å²) in [4.78, 5) is 4.25. The second-order valence-electron chi connectivity index (χ2n) is 5.27. The molecule has 0 radical (unpaired) electrons. The van der Waals surface area contributed by atoms with Gasteiger partial charge in [0.15, 0.2) is 0 Å². The highest BCUT2D eigenvalue weighted by Crippen LogP contribution is 2.20. The smallest absolute Gasteiger partial charge is 0.126 e. The van der Waals surface area contributed by atoms with E-state index < -0.39 is 5.60 Å². The van der Waals surface area contributed by atoms with Crippen LogP contribution in [0, 0.1) is 12.8 Å². The summed E-state index contributed by atoms with van der Waals surface area (Å²) in [6.07, 6.45) is 2.55. The fraction of sp³-hybridized carbons (Fsp3) is 0.615. The summed E-state index contributed by atoms with van der Waals surface area (Å²) in [5.74, 6) is 1.28. The monoisotopic (exact) mass is 300 g/mol. The normalized spacial score (nSPS) is 14.8. The Hall–Kier alpha value is -0.610. The van der Waals surface area contributed by atoms with Crippen molar-refractivity contribution in [3.05, 3.63) is 22.3 Å². The highest BCUT2D eigenvalue weighted by Gasteiger charge is 2.21. The van der Waals surface area contributed by atoms with Crippen molar-refractivity contribution in [3.63, 3.8) is 0 Å². The molecule has 0 saturated heterocycles. The lowest BCUT2D eigenvalue weighted by Gasteiger charge is -2.25. The molecular formula is C13H21BrN2O. The summed E-state index contributed by atoms with van der Waals surface area (Å²) >= 11 is 3.41. The van der Waals surface area contributed by atoms with Crippen LogP contribution in [-0.2, 0) is 0 Å². The zero-order valence-corrected chi connectivity index (χ0v) is 12.5. The topological polar surface area (TPSA) is 45.1 Å². The van der Waals surface area contributed by atoms with E-state index in [4.69, 9.17) is 0 Å². The van der Waals surface area contributed by atoms with Crippen LogP contribution in [0.2, 0.25) is 0 Å². The molecule has 0 saturated carbocycles. The summed E-state index contributed by atoms with van der Waals surface area (Å²) in [7, 11) is 0. The van der Waals surface area contributed by atoms with Crippen LogP contribution in [0.15, 0.2) is 16.7 Å². The number of pyridine rings is 1. The van der Waals surface area contributed by atoms with Crippen LogP contribution in [-0.4, -0.2) is 22.2 Å². The van der Waals surface area contributed by atoms with E-state index in [0.717, 1.165) is 22.3 Å². The van der Waals surface area contributed by atoms with Gasteiger partial charge in [-0.1, -0.05) is 13.8 Å². The number of hydrogen-bond donors (Lipinski definition) is 2. The van der Waals surface area contributed by atoms with Gasteiger partial charge >= 0.3 is 0 Å². The van der Waals surface area contributed by atoms with Crippen molar-refractivity contribution >= 4 is 21.7 Å². The molecule has 0 amide bonds. The number of anilines is 1. The van der Waals surface area contributed by atoms with Crippen molar-refractivity contribution < 1.29 is 5.11 Å². The third-order valence-electron chi connectivity index (χ3n) is 2.55. The average Bonchev–Trinajstić information content (AvgIpc) is 2.18. The van der Waals surface area contributed by atoms with Crippen LogP contribution < -0.4 is 5.32 Å². The third kappa shape index (κ3) is 5.04. The van der Waals surface area contributed by atoms with Gasteiger partial charge in [0.05, 0.1) is 5.60 Å². The predicted molar refractivity (Wildman–Crippen MR) is 75.2 cm³/mol. The quantitative estimate of drug-likeness (QED) is 0.876. The molecule has 17 heavy (non-hydrogen) atoms. The zero-order valence-electron chi connectivity index (χ0n) is 10.9. The van der Waals surface area contributed by atoms with Crippen LogP contribution >= 0.6 is 15.9 Å². The number of aliphatic hydroxyl groups is 1. The Morgan fingerprint density at radius 2 is 2.18 bits per heavy atom. The van der Waals surface area contributed by atoms with E-state index in [-0.39, 0.29) is 0 Å². The molecule has 3 nitrogen and oxygen atoms in total. The molecule has 1 unspecified atom stereocenters. The number of rotatable bonds is 5.